The highest BCUT2D eigenvalue weighted by Crippen LogP contribution is 2.54. The van der Waals surface area contributed by atoms with Crippen LogP contribution in [0.1, 0.15) is 58.1 Å². The molecule has 1 atom stereocenters. The zero-order chi connectivity index (χ0) is 13.0. The number of fused-ring (bicyclic) bond motifs is 2. The summed E-state index contributed by atoms with van der Waals surface area (Å²) in [6.07, 6.45) is 3.90. The molecular weight excluding hydrogens is 218 g/mol. The maximum absolute atomic E-state index is 3.72. The fourth-order valence-electron chi connectivity index (χ4n) is 4.26. The molecule has 1 heterocycles. The lowest BCUT2D eigenvalue weighted by atomic mass is 9.55. The van der Waals surface area contributed by atoms with E-state index in [0.717, 1.165) is 6.54 Å². The van der Waals surface area contributed by atoms with E-state index in [1.807, 2.05) is 0 Å². The molecule has 1 aromatic rings. The quantitative estimate of drug-likeness (QED) is 0.731. The molecule has 98 valence electrons. The molecule has 0 aromatic heterocycles. The lowest BCUT2D eigenvalue weighted by Gasteiger charge is -2.50. The topological polar surface area (TPSA) is 12.0 Å². The average Bonchev–Trinajstić information content (AvgIpc) is 2.62. The molecule has 0 saturated carbocycles. The van der Waals surface area contributed by atoms with Crippen molar-refractivity contribution in [2.75, 3.05) is 6.54 Å². The summed E-state index contributed by atoms with van der Waals surface area (Å²) >= 11 is 0. The highest BCUT2D eigenvalue weighted by Gasteiger charge is 2.53. The Morgan fingerprint density at radius 1 is 0.889 bits per heavy atom. The van der Waals surface area contributed by atoms with Crippen molar-refractivity contribution in [3.8, 4) is 0 Å². The molecule has 18 heavy (non-hydrogen) atoms. The van der Waals surface area contributed by atoms with E-state index in [1.54, 1.807) is 11.1 Å². The number of hydrogen-bond acceptors (Lipinski definition) is 1. The zero-order valence-electron chi connectivity index (χ0n) is 12.1. The van der Waals surface area contributed by atoms with Gasteiger partial charge >= 0.3 is 0 Å². The third kappa shape index (κ3) is 1.43. The molecule has 0 radical (unpaired) electrons. The Morgan fingerprint density at radius 3 is 2.17 bits per heavy atom. The zero-order valence-corrected chi connectivity index (χ0v) is 12.1. The van der Waals surface area contributed by atoms with Gasteiger partial charge in [-0.1, -0.05) is 38.1 Å². The summed E-state index contributed by atoms with van der Waals surface area (Å²) in [7, 11) is 0. The van der Waals surface area contributed by atoms with E-state index >= 15 is 0 Å². The largest absolute Gasteiger partial charge is 0.311 e. The van der Waals surface area contributed by atoms with Crippen LogP contribution in [0.4, 0.5) is 0 Å². The Bertz CT molecular complexity index is 472. The fourth-order valence-corrected chi connectivity index (χ4v) is 4.26. The molecule has 1 aliphatic heterocycles. The summed E-state index contributed by atoms with van der Waals surface area (Å²) in [6, 6.07) is 9.15. The van der Waals surface area contributed by atoms with E-state index in [2.05, 4.69) is 57.3 Å². The summed E-state index contributed by atoms with van der Waals surface area (Å²) < 4.78 is 0. The van der Waals surface area contributed by atoms with Crippen molar-refractivity contribution in [3.05, 3.63) is 35.4 Å². The van der Waals surface area contributed by atoms with E-state index in [9.17, 15) is 0 Å². The second-order valence-electron chi connectivity index (χ2n) is 7.31. The predicted octanol–water partition coefficient (Wildman–Crippen LogP) is 3.77. The van der Waals surface area contributed by atoms with Gasteiger partial charge in [0.15, 0.2) is 0 Å². The Kier molecular flexibility index (Phi) is 2.45. The lowest BCUT2D eigenvalue weighted by Crippen LogP contribution is -2.52. The maximum atomic E-state index is 3.72. The first-order valence-corrected chi connectivity index (χ1v) is 7.24. The molecule has 1 heteroatoms. The van der Waals surface area contributed by atoms with Crippen LogP contribution in [0.25, 0.3) is 0 Å². The first kappa shape index (κ1) is 12.2. The number of nitrogens with one attached hydrogen (secondary N) is 1. The molecule has 1 aromatic carbocycles. The number of benzene rings is 1. The van der Waals surface area contributed by atoms with Crippen LogP contribution in [-0.2, 0) is 10.8 Å². The summed E-state index contributed by atoms with van der Waals surface area (Å²) in [4.78, 5) is 0. The van der Waals surface area contributed by atoms with Crippen molar-refractivity contribution < 1.29 is 0 Å². The Balaban J connectivity index is 2.22. The first-order valence-electron chi connectivity index (χ1n) is 7.24. The van der Waals surface area contributed by atoms with E-state index in [1.165, 1.54) is 19.3 Å². The monoisotopic (exact) mass is 243 g/mol. The Hall–Kier alpha value is -0.820. The normalized spacial score (nSPS) is 32.4. The minimum Gasteiger partial charge on any atom is -0.311 e. The molecule has 1 spiro atoms. The van der Waals surface area contributed by atoms with Crippen LogP contribution in [0.3, 0.4) is 0 Å². The van der Waals surface area contributed by atoms with Gasteiger partial charge in [0.25, 0.3) is 0 Å². The summed E-state index contributed by atoms with van der Waals surface area (Å²) in [5.74, 6) is 0. The average molecular weight is 243 g/mol. The molecular formula is C17H25N. The van der Waals surface area contributed by atoms with Crippen molar-refractivity contribution >= 4 is 0 Å². The first-order chi connectivity index (χ1) is 8.39. The highest BCUT2D eigenvalue weighted by atomic mass is 15.0. The van der Waals surface area contributed by atoms with Gasteiger partial charge in [-0.2, -0.15) is 0 Å². The van der Waals surface area contributed by atoms with Crippen LogP contribution in [0.5, 0.6) is 0 Å². The third-order valence-electron chi connectivity index (χ3n) is 5.66. The van der Waals surface area contributed by atoms with Crippen LogP contribution < -0.4 is 5.32 Å². The van der Waals surface area contributed by atoms with Crippen LogP contribution >= 0.6 is 0 Å². The van der Waals surface area contributed by atoms with Crippen LogP contribution in [0.15, 0.2) is 24.3 Å². The highest BCUT2D eigenvalue weighted by molar-refractivity contribution is 5.45. The molecule has 1 unspecified atom stereocenters. The SMILES string of the molecule is CC1(C)CCC2(CCNC2(C)C)c2ccccc21. The molecule has 0 amide bonds. The third-order valence-corrected chi connectivity index (χ3v) is 5.66. The van der Waals surface area contributed by atoms with E-state index in [0.29, 0.717) is 10.8 Å². The lowest BCUT2D eigenvalue weighted by molar-refractivity contribution is 0.207. The Labute approximate surface area is 111 Å². The molecule has 2 aliphatic rings. The predicted molar refractivity (Wildman–Crippen MR) is 77.1 cm³/mol. The molecule has 1 nitrogen and oxygen atoms in total. The summed E-state index contributed by atoms with van der Waals surface area (Å²) in [5, 5.41) is 3.72. The van der Waals surface area contributed by atoms with Gasteiger partial charge in [0.05, 0.1) is 0 Å². The number of rotatable bonds is 0. The van der Waals surface area contributed by atoms with Gasteiger partial charge in [0.1, 0.15) is 0 Å². The van der Waals surface area contributed by atoms with Crippen molar-refractivity contribution in [2.24, 2.45) is 0 Å². The van der Waals surface area contributed by atoms with Crippen molar-refractivity contribution in [3.63, 3.8) is 0 Å². The van der Waals surface area contributed by atoms with Gasteiger partial charge < -0.3 is 5.32 Å². The van der Waals surface area contributed by atoms with E-state index in [-0.39, 0.29) is 5.54 Å². The van der Waals surface area contributed by atoms with Gasteiger partial charge in [-0.25, -0.2) is 0 Å². The van der Waals surface area contributed by atoms with Crippen LogP contribution in [0, 0.1) is 0 Å². The standard InChI is InChI=1S/C17H25N/c1-15(2)9-10-17(11-12-18-16(17,3)4)14-8-6-5-7-13(14)15/h5-8,18H,9-12H2,1-4H3. The molecule has 1 aliphatic carbocycles. The van der Waals surface area contributed by atoms with Crippen LogP contribution in [-0.4, -0.2) is 12.1 Å². The second kappa shape index (κ2) is 3.60. The summed E-state index contributed by atoms with van der Waals surface area (Å²) in [6.45, 7) is 10.7. The van der Waals surface area contributed by atoms with Crippen LogP contribution in [0.2, 0.25) is 0 Å². The van der Waals surface area contributed by atoms with Gasteiger partial charge in [0, 0.05) is 11.0 Å². The second-order valence-corrected chi connectivity index (χ2v) is 7.31. The smallest absolute Gasteiger partial charge is 0.0222 e. The van der Waals surface area contributed by atoms with Gasteiger partial charge in [-0.05, 0) is 56.2 Å². The van der Waals surface area contributed by atoms with Gasteiger partial charge in [-0.3, -0.25) is 0 Å². The van der Waals surface area contributed by atoms with Gasteiger partial charge in [0.2, 0.25) is 0 Å². The Morgan fingerprint density at radius 2 is 1.56 bits per heavy atom. The maximum Gasteiger partial charge on any atom is 0.0222 e. The molecule has 1 saturated heterocycles. The molecule has 0 bridgehead atoms. The van der Waals surface area contributed by atoms with Crippen molar-refractivity contribution in [2.45, 2.75) is 63.3 Å². The fraction of sp³-hybridized carbons (Fsp3) is 0.647. The molecule has 1 N–H and O–H groups in total. The minimum atomic E-state index is 0.222. The van der Waals surface area contributed by atoms with E-state index in [4.69, 9.17) is 0 Å². The summed E-state index contributed by atoms with van der Waals surface area (Å²) in [5.41, 5.74) is 4.09. The van der Waals surface area contributed by atoms with Crippen molar-refractivity contribution in [1.82, 2.24) is 5.32 Å². The molecule has 3 rings (SSSR count). The van der Waals surface area contributed by atoms with Crippen molar-refractivity contribution in [1.29, 1.82) is 0 Å². The number of hydrogen-bond donors (Lipinski definition) is 1. The van der Waals surface area contributed by atoms with Gasteiger partial charge in [-0.15, -0.1) is 0 Å². The van der Waals surface area contributed by atoms with E-state index < -0.39 is 0 Å². The molecule has 1 fully saturated rings. The minimum absolute atomic E-state index is 0.222.